The first-order valence-electron chi connectivity index (χ1n) is 6.63. The molecule has 0 aromatic carbocycles. The molecule has 0 bridgehead atoms. The molecule has 1 rings (SSSR count). The normalized spacial score (nSPS) is 16.4. The van der Waals surface area contributed by atoms with Crippen LogP contribution in [-0.4, -0.2) is 31.7 Å². The Morgan fingerprint density at radius 2 is 1.95 bits per heavy atom. The molecule has 0 aliphatic carbocycles. The minimum absolute atomic E-state index is 0.160. The monoisotopic (exact) mass is 302 g/mol. The van der Waals surface area contributed by atoms with E-state index in [1.807, 2.05) is 17.5 Å². The van der Waals surface area contributed by atoms with Crippen molar-refractivity contribution in [1.29, 1.82) is 0 Å². The molecular weight excluding hydrogens is 276 g/mol. The molecule has 2 N–H and O–H groups in total. The molecule has 1 heterocycles. The van der Waals surface area contributed by atoms with E-state index < -0.39 is 13.9 Å². The van der Waals surface area contributed by atoms with Gasteiger partial charge in [-0.1, -0.05) is 26.8 Å². The third-order valence-corrected chi connectivity index (χ3v) is 9.63. The highest BCUT2D eigenvalue weighted by Crippen LogP contribution is 2.37. The maximum absolute atomic E-state index is 10.5. The van der Waals surface area contributed by atoms with E-state index in [0.717, 1.165) is 4.88 Å². The van der Waals surface area contributed by atoms with Crippen LogP contribution in [0.2, 0.25) is 18.1 Å². The summed E-state index contributed by atoms with van der Waals surface area (Å²) in [7, 11) is -1.79. The van der Waals surface area contributed by atoms with Crippen LogP contribution in [0.4, 0.5) is 0 Å². The summed E-state index contributed by atoms with van der Waals surface area (Å²) in [6, 6.07) is 3.74. The summed E-state index contributed by atoms with van der Waals surface area (Å²) in [5.74, 6) is 0. The summed E-state index contributed by atoms with van der Waals surface area (Å²) in [6.45, 7) is 11.2. The van der Waals surface area contributed by atoms with Gasteiger partial charge in [0.15, 0.2) is 8.32 Å². The summed E-state index contributed by atoms with van der Waals surface area (Å²) in [5, 5.41) is 22.0. The lowest BCUT2D eigenvalue weighted by Crippen LogP contribution is -2.42. The van der Waals surface area contributed by atoms with Crippen molar-refractivity contribution in [2.75, 3.05) is 13.2 Å². The Hall–Kier alpha value is -0.203. The Bertz CT molecular complexity index is 384. The van der Waals surface area contributed by atoms with Crippen molar-refractivity contribution in [3.8, 4) is 0 Å². The zero-order valence-corrected chi connectivity index (χ0v) is 14.4. The summed E-state index contributed by atoms with van der Waals surface area (Å²) in [6.07, 6.45) is 0.427. The molecule has 0 saturated carbocycles. The Morgan fingerprint density at radius 1 is 1.32 bits per heavy atom. The van der Waals surface area contributed by atoms with Crippen molar-refractivity contribution < 1.29 is 14.6 Å². The van der Waals surface area contributed by atoms with E-state index in [9.17, 15) is 10.2 Å². The molecule has 3 nitrogen and oxygen atoms in total. The number of thiophene rings is 1. The largest absolute Gasteiger partial charge is 0.417 e. The highest BCUT2D eigenvalue weighted by atomic mass is 32.1. The molecule has 0 aliphatic rings. The third-order valence-electron chi connectivity index (χ3n) is 4.03. The van der Waals surface area contributed by atoms with E-state index in [1.54, 1.807) is 0 Å². The number of hydrogen-bond acceptors (Lipinski definition) is 4. The van der Waals surface area contributed by atoms with Crippen molar-refractivity contribution in [3.05, 3.63) is 22.4 Å². The van der Waals surface area contributed by atoms with E-state index in [-0.39, 0.29) is 11.6 Å². The van der Waals surface area contributed by atoms with Gasteiger partial charge in [0.2, 0.25) is 0 Å². The van der Waals surface area contributed by atoms with Crippen molar-refractivity contribution >= 4 is 19.7 Å². The van der Waals surface area contributed by atoms with Gasteiger partial charge in [0.25, 0.3) is 0 Å². The van der Waals surface area contributed by atoms with Crippen LogP contribution in [0.3, 0.4) is 0 Å². The van der Waals surface area contributed by atoms with Crippen LogP contribution in [0, 0.1) is 0 Å². The lowest BCUT2D eigenvalue weighted by atomic mass is 10.00. The second-order valence-electron chi connectivity index (χ2n) is 6.53. The zero-order chi connectivity index (χ0) is 14.7. The van der Waals surface area contributed by atoms with Gasteiger partial charge in [-0.2, -0.15) is 0 Å². The van der Waals surface area contributed by atoms with Gasteiger partial charge in [0, 0.05) is 17.9 Å². The summed E-state index contributed by atoms with van der Waals surface area (Å²) >= 11 is 1.46. The van der Waals surface area contributed by atoms with Gasteiger partial charge in [0.1, 0.15) is 5.60 Å². The Kier molecular flexibility index (Phi) is 5.37. The zero-order valence-electron chi connectivity index (χ0n) is 12.6. The van der Waals surface area contributed by atoms with Crippen molar-refractivity contribution in [2.24, 2.45) is 0 Å². The average Bonchev–Trinajstić information content (AvgIpc) is 2.80. The summed E-state index contributed by atoms with van der Waals surface area (Å²) < 4.78 is 6.06. The first kappa shape index (κ1) is 16.9. The molecule has 0 spiro atoms. The molecule has 1 aromatic heterocycles. The van der Waals surface area contributed by atoms with Crippen LogP contribution < -0.4 is 0 Å². The minimum Gasteiger partial charge on any atom is -0.417 e. The highest BCUT2D eigenvalue weighted by Gasteiger charge is 2.38. The van der Waals surface area contributed by atoms with Crippen LogP contribution in [0.5, 0.6) is 0 Å². The van der Waals surface area contributed by atoms with E-state index in [1.165, 1.54) is 11.3 Å². The lowest BCUT2D eigenvalue weighted by molar-refractivity contribution is -0.0326. The smallest absolute Gasteiger partial charge is 0.191 e. The van der Waals surface area contributed by atoms with Crippen LogP contribution >= 0.6 is 11.3 Å². The predicted molar refractivity (Wildman–Crippen MR) is 83.1 cm³/mol. The molecule has 19 heavy (non-hydrogen) atoms. The van der Waals surface area contributed by atoms with Crippen molar-refractivity contribution in [3.63, 3.8) is 0 Å². The fourth-order valence-corrected chi connectivity index (χ4v) is 3.41. The molecule has 110 valence electrons. The first-order valence-corrected chi connectivity index (χ1v) is 10.4. The van der Waals surface area contributed by atoms with Gasteiger partial charge in [-0.25, -0.2) is 0 Å². The summed E-state index contributed by atoms with van der Waals surface area (Å²) in [4.78, 5) is 0.800. The molecule has 0 saturated heterocycles. The van der Waals surface area contributed by atoms with Gasteiger partial charge in [0.05, 0.1) is 6.61 Å². The molecule has 1 aromatic rings. The van der Waals surface area contributed by atoms with Crippen LogP contribution in [0.1, 0.15) is 32.1 Å². The number of hydrogen-bond donors (Lipinski definition) is 2. The van der Waals surface area contributed by atoms with Gasteiger partial charge in [-0.3, -0.25) is 0 Å². The second kappa shape index (κ2) is 6.05. The van der Waals surface area contributed by atoms with Crippen molar-refractivity contribution in [2.45, 2.75) is 50.9 Å². The highest BCUT2D eigenvalue weighted by molar-refractivity contribution is 7.10. The maximum Gasteiger partial charge on any atom is 0.191 e. The first-order chi connectivity index (χ1) is 8.62. The van der Waals surface area contributed by atoms with Gasteiger partial charge in [-0.05, 0) is 29.6 Å². The minimum atomic E-state index is -1.79. The van der Waals surface area contributed by atoms with Crippen LogP contribution in [0.25, 0.3) is 0 Å². The molecule has 0 amide bonds. The Morgan fingerprint density at radius 3 is 2.37 bits per heavy atom. The molecule has 0 radical (unpaired) electrons. The van der Waals surface area contributed by atoms with E-state index in [4.69, 9.17) is 4.43 Å². The quantitative estimate of drug-likeness (QED) is 0.792. The number of rotatable bonds is 6. The molecule has 1 atom stereocenters. The Balaban J connectivity index is 2.61. The number of aliphatic hydroxyl groups excluding tert-OH is 1. The third kappa shape index (κ3) is 4.13. The fraction of sp³-hybridized carbons (Fsp3) is 0.714. The van der Waals surface area contributed by atoms with Crippen molar-refractivity contribution in [1.82, 2.24) is 0 Å². The summed E-state index contributed by atoms with van der Waals surface area (Å²) in [5.41, 5.74) is -1.17. The molecular formula is C14H26O3SSi. The molecule has 0 fully saturated rings. The van der Waals surface area contributed by atoms with Crippen LogP contribution in [0.15, 0.2) is 17.5 Å². The molecule has 5 heteroatoms. The average molecular weight is 303 g/mol. The van der Waals surface area contributed by atoms with Crippen LogP contribution in [-0.2, 0) is 10.0 Å². The topological polar surface area (TPSA) is 49.7 Å². The maximum atomic E-state index is 10.5. The van der Waals surface area contributed by atoms with E-state index >= 15 is 0 Å². The number of aliphatic hydroxyl groups is 2. The molecule has 0 unspecified atom stereocenters. The van der Waals surface area contributed by atoms with E-state index in [0.29, 0.717) is 13.0 Å². The standard InChI is InChI=1S/C14H26O3SSi/c1-13(2,3)19(4,5)17-9-8-14(16,11-15)12-7-6-10-18-12/h6-7,10,15-16H,8-9,11H2,1-5H3/t14-/m0/s1. The van der Waals surface area contributed by atoms with Gasteiger partial charge < -0.3 is 14.6 Å². The lowest BCUT2D eigenvalue weighted by Gasteiger charge is -2.37. The predicted octanol–water partition coefficient (Wildman–Crippen LogP) is 3.34. The van der Waals surface area contributed by atoms with Gasteiger partial charge >= 0.3 is 0 Å². The van der Waals surface area contributed by atoms with Gasteiger partial charge in [-0.15, -0.1) is 11.3 Å². The SMILES string of the molecule is CC(C)(C)[Si](C)(C)OCC[C@](O)(CO)c1cccs1. The molecule has 0 aliphatic heterocycles. The second-order valence-corrected chi connectivity index (χ2v) is 12.3. The van der Waals surface area contributed by atoms with E-state index in [2.05, 4.69) is 33.9 Å². The Labute approximate surface area is 121 Å². The fourth-order valence-electron chi connectivity index (χ4n) is 1.52.